The first kappa shape index (κ1) is 12.6. The van der Waals surface area contributed by atoms with Gasteiger partial charge in [-0.25, -0.2) is 4.79 Å². The van der Waals surface area contributed by atoms with Crippen molar-refractivity contribution in [3.63, 3.8) is 0 Å². The maximum atomic E-state index is 10.9. The van der Waals surface area contributed by atoms with Gasteiger partial charge in [0.1, 0.15) is 6.29 Å². The van der Waals surface area contributed by atoms with E-state index in [0.29, 0.717) is 6.29 Å². The summed E-state index contributed by atoms with van der Waals surface area (Å²) in [6.45, 7) is 0. The number of aldehydes is 1. The number of carbonyl (C=O) groups is 2. The van der Waals surface area contributed by atoms with Crippen molar-refractivity contribution < 1.29 is 19.6 Å². The Kier molecular flexibility index (Phi) is 4.10. The predicted molar refractivity (Wildman–Crippen MR) is 59.8 cm³/mol. The van der Waals surface area contributed by atoms with Gasteiger partial charge in [-0.3, -0.25) is 10.1 Å². The van der Waals surface area contributed by atoms with Crippen LogP contribution in [0.5, 0.6) is 0 Å². The zero-order valence-electron chi connectivity index (χ0n) is 8.70. The highest BCUT2D eigenvalue weighted by molar-refractivity contribution is 5.92. The van der Waals surface area contributed by atoms with Gasteiger partial charge in [-0.1, -0.05) is 12.2 Å². The molecule has 1 rings (SSSR count). The summed E-state index contributed by atoms with van der Waals surface area (Å²) in [4.78, 5) is 30.9. The molecule has 0 aliphatic carbocycles. The molecule has 0 bridgehead atoms. The summed E-state index contributed by atoms with van der Waals surface area (Å²) >= 11 is 0. The van der Waals surface area contributed by atoms with Crippen molar-refractivity contribution in [3.05, 3.63) is 45.5 Å². The van der Waals surface area contributed by atoms with Crippen molar-refractivity contribution in [1.29, 1.82) is 0 Å². The number of allylic oxidation sites excluding steroid dienone is 1. The van der Waals surface area contributed by atoms with Gasteiger partial charge < -0.3 is 9.90 Å². The maximum absolute atomic E-state index is 10.9. The van der Waals surface area contributed by atoms with Gasteiger partial charge in [-0.05, 0) is 11.6 Å². The number of nitro groups is 1. The Labute approximate surface area is 96.3 Å². The molecule has 0 saturated carbocycles. The summed E-state index contributed by atoms with van der Waals surface area (Å²) in [5.74, 6) is -1.18. The highest BCUT2D eigenvalue weighted by Gasteiger charge is 2.13. The van der Waals surface area contributed by atoms with Crippen LogP contribution in [-0.2, 0) is 4.79 Å². The average Bonchev–Trinajstić information content (AvgIpc) is 2.28. The molecule has 0 saturated heterocycles. The van der Waals surface area contributed by atoms with Crippen molar-refractivity contribution in [2.75, 3.05) is 0 Å². The third kappa shape index (κ3) is 3.23. The van der Waals surface area contributed by atoms with Gasteiger partial charge in [0.15, 0.2) is 0 Å². The standard InChI is InChI=1S/C11H9NO5/c13-6-2-1-3-8-7-9(12(16)17)4-5-10(8)11(14)15/h1,3-7H,2H2,(H,14,15). The molecule has 1 aromatic carbocycles. The summed E-state index contributed by atoms with van der Waals surface area (Å²) in [5, 5.41) is 19.4. The first-order chi connectivity index (χ1) is 8.06. The number of aromatic carboxylic acids is 1. The zero-order valence-corrected chi connectivity index (χ0v) is 8.70. The number of nitrogens with zero attached hydrogens (tertiary/aromatic N) is 1. The van der Waals surface area contributed by atoms with Gasteiger partial charge in [0, 0.05) is 18.6 Å². The lowest BCUT2D eigenvalue weighted by Crippen LogP contribution is -2.00. The fraction of sp³-hybridized carbons (Fsp3) is 0.0909. The molecule has 0 fully saturated rings. The topological polar surface area (TPSA) is 97.5 Å². The molecule has 0 aliphatic rings. The van der Waals surface area contributed by atoms with E-state index < -0.39 is 10.9 Å². The van der Waals surface area contributed by atoms with E-state index in [1.807, 2.05) is 0 Å². The molecule has 0 amide bonds. The number of carboxylic acids is 1. The Morgan fingerprint density at radius 2 is 2.18 bits per heavy atom. The van der Waals surface area contributed by atoms with E-state index in [9.17, 15) is 19.7 Å². The largest absolute Gasteiger partial charge is 0.478 e. The SMILES string of the molecule is O=CCC=Cc1cc([N+](=O)[O-])ccc1C(=O)O. The lowest BCUT2D eigenvalue weighted by atomic mass is 10.1. The molecular formula is C11H9NO5. The lowest BCUT2D eigenvalue weighted by Gasteiger charge is -2.00. The molecule has 0 heterocycles. The summed E-state index contributed by atoms with van der Waals surface area (Å²) in [6.07, 6.45) is 3.60. The Morgan fingerprint density at radius 1 is 1.47 bits per heavy atom. The van der Waals surface area contributed by atoms with Crippen molar-refractivity contribution in [2.45, 2.75) is 6.42 Å². The Bertz CT molecular complexity index is 493. The number of carboxylic acid groups (broad SMARTS) is 1. The van der Waals surface area contributed by atoms with Crippen LogP contribution < -0.4 is 0 Å². The summed E-state index contributed by atoms with van der Waals surface area (Å²) in [7, 11) is 0. The first-order valence-electron chi connectivity index (χ1n) is 4.68. The molecule has 1 aromatic rings. The summed E-state index contributed by atoms with van der Waals surface area (Å²) < 4.78 is 0. The van der Waals surface area contributed by atoms with Crippen molar-refractivity contribution in [3.8, 4) is 0 Å². The number of benzene rings is 1. The molecule has 17 heavy (non-hydrogen) atoms. The van der Waals surface area contributed by atoms with E-state index >= 15 is 0 Å². The van der Waals surface area contributed by atoms with Crippen LogP contribution in [-0.4, -0.2) is 22.3 Å². The van der Waals surface area contributed by atoms with Crippen LogP contribution in [0.1, 0.15) is 22.3 Å². The van der Waals surface area contributed by atoms with Crippen molar-refractivity contribution in [1.82, 2.24) is 0 Å². The second kappa shape index (κ2) is 5.55. The van der Waals surface area contributed by atoms with Gasteiger partial charge in [0.2, 0.25) is 0 Å². The normalized spacial score (nSPS) is 10.4. The molecule has 0 radical (unpaired) electrons. The van der Waals surface area contributed by atoms with Gasteiger partial charge in [-0.15, -0.1) is 0 Å². The van der Waals surface area contributed by atoms with Crippen molar-refractivity contribution in [2.24, 2.45) is 0 Å². The third-order valence-corrected chi connectivity index (χ3v) is 2.01. The monoisotopic (exact) mass is 235 g/mol. The molecule has 0 spiro atoms. The number of nitro benzene ring substituents is 1. The predicted octanol–water partition coefficient (Wildman–Crippen LogP) is 1.90. The molecule has 6 heteroatoms. The minimum absolute atomic E-state index is 0.0438. The number of hydrogen-bond donors (Lipinski definition) is 1. The minimum atomic E-state index is -1.18. The van der Waals surface area contributed by atoms with Gasteiger partial charge in [-0.2, -0.15) is 0 Å². The fourth-order valence-corrected chi connectivity index (χ4v) is 1.25. The molecule has 1 N–H and O–H groups in total. The zero-order chi connectivity index (χ0) is 12.8. The molecule has 0 unspecified atom stereocenters. The maximum Gasteiger partial charge on any atom is 0.336 e. The molecule has 88 valence electrons. The van der Waals surface area contributed by atoms with E-state index in [-0.39, 0.29) is 23.2 Å². The Morgan fingerprint density at radius 3 is 2.71 bits per heavy atom. The fourth-order valence-electron chi connectivity index (χ4n) is 1.25. The number of carbonyl (C=O) groups excluding carboxylic acids is 1. The third-order valence-electron chi connectivity index (χ3n) is 2.01. The van der Waals surface area contributed by atoms with Crippen LogP contribution in [0.25, 0.3) is 6.08 Å². The van der Waals surface area contributed by atoms with E-state index in [1.165, 1.54) is 18.2 Å². The lowest BCUT2D eigenvalue weighted by molar-refractivity contribution is -0.384. The van der Waals surface area contributed by atoms with Crippen LogP contribution in [0.15, 0.2) is 24.3 Å². The van der Waals surface area contributed by atoms with Crippen LogP contribution in [0.2, 0.25) is 0 Å². The highest BCUT2D eigenvalue weighted by Crippen LogP contribution is 2.19. The van der Waals surface area contributed by atoms with Gasteiger partial charge in [0.25, 0.3) is 5.69 Å². The molecule has 6 nitrogen and oxygen atoms in total. The quantitative estimate of drug-likeness (QED) is 0.477. The Balaban J connectivity index is 3.20. The van der Waals surface area contributed by atoms with Crippen molar-refractivity contribution >= 4 is 24.0 Å². The first-order valence-corrected chi connectivity index (χ1v) is 4.68. The summed E-state index contributed by atoms with van der Waals surface area (Å²) in [6, 6.07) is 3.45. The smallest absolute Gasteiger partial charge is 0.336 e. The highest BCUT2D eigenvalue weighted by atomic mass is 16.6. The van der Waals surface area contributed by atoms with E-state index in [1.54, 1.807) is 0 Å². The molecule has 0 aromatic heterocycles. The number of rotatable bonds is 5. The van der Waals surface area contributed by atoms with Gasteiger partial charge in [0.05, 0.1) is 10.5 Å². The summed E-state index contributed by atoms with van der Waals surface area (Å²) in [5.41, 5.74) is -0.0351. The van der Waals surface area contributed by atoms with E-state index in [4.69, 9.17) is 5.11 Å². The minimum Gasteiger partial charge on any atom is -0.478 e. The van der Waals surface area contributed by atoms with Crippen LogP contribution >= 0.6 is 0 Å². The molecule has 0 aliphatic heterocycles. The molecule has 0 atom stereocenters. The molecular weight excluding hydrogens is 226 g/mol. The van der Waals surface area contributed by atoms with Crippen LogP contribution in [0.4, 0.5) is 5.69 Å². The second-order valence-electron chi connectivity index (χ2n) is 3.14. The van der Waals surface area contributed by atoms with Crippen LogP contribution in [0.3, 0.4) is 0 Å². The van der Waals surface area contributed by atoms with Gasteiger partial charge >= 0.3 is 5.97 Å². The van der Waals surface area contributed by atoms with Crippen LogP contribution in [0, 0.1) is 10.1 Å². The van der Waals surface area contributed by atoms with E-state index in [2.05, 4.69) is 0 Å². The number of hydrogen-bond acceptors (Lipinski definition) is 4. The second-order valence-corrected chi connectivity index (χ2v) is 3.14. The number of non-ortho nitro benzene ring substituents is 1. The van der Waals surface area contributed by atoms with E-state index in [0.717, 1.165) is 12.1 Å². The average molecular weight is 235 g/mol. The Hall–Kier alpha value is -2.50.